The van der Waals surface area contributed by atoms with Crippen molar-refractivity contribution in [3.05, 3.63) is 12.2 Å². The minimum atomic E-state index is -0.824. The van der Waals surface area contributed by atoms with Crippen LogP contribution in [0.1, 0.15) is 5.82 Å². The molecule has 1 atom stereocenters. The Hall–Kier alpha value is -1.47. The Morgan fingerprint density at radius 1 is 1.69 bits per heavy atom. The van der Waals surface area contributed by atoms with Crippen molar-refractivity contribution in [2.45, 2.75) is 19.1 Å². The summed E-state index contributed by atoms with van der Waals surface area (Å²) < 4.78 is 1.99. The second-order valence-corrected chi connectivity index (χ2v) is 3.86. The summed E-state index contributed by atoms with van der Waals surface area (Å²) in [5, 5.41) is 19.5. The minimum Gasteiger partial charge on any atom is -0.480 e. The molecule has 88 valence electrons. The zero-order valence-corrected chi connectivity index (χ0v) is 9.13. The largest absolute Gasteiger partial charge is 0.480 e. The first-order chi connectivity index (χ1) is 7.70. The maximum absolute atomic E-state index is 10.9. The van der Waals surface area contributed by atoms with Crippen LogP contribution in [0, 0.1) is 0 Å². The number of aliphatic carboxylic acids is 1. The average Bonchev–Trinajstić information content (AvgIpc) is 2.72. The standard InChI is InChI=1S/C9H15N5O2/c1-10-7(9(15)16)4-13-2-3-14-6-11-12-8(14)5-13/h6-7,10H,2-5H2,1H3,(H,15,16). The lowest BCUT2D eigenvalue weighted by Crippen LogP contribution is -2.46. The number of hydrogen-bond acceptors (Lipinski definition) is 5. The van der Waals surface area contributed by atoms with Crippen LogP contribution in [0.2, 0.25) is 0 Å². The molecule has 1 aromatic heterocycles. The molecule has 16 heavy (non-hydrogen) atoms. The van der Waals surface area contributed by atoms with Gasteiger partial charge in [0.1, 0.15) is 18.2 Å². The van der Waals surface area contributed by atoms with Gasteiger partial charge in [0.15, 0.2) is 0 Å². The van der Waals surface area contributed by atoms with E-state index in [0.29, 0.717) is 13.1 Å². The van der Waals surface area contributed by atoms with E-state index in [4.69, 9.17) is 5.11 Å². The highest BCUT2D eigenvalue weighted by molar-refractivity contribution is 5.73. The molecule has 0 aromatic carbocycles. The van der Waals surface area contributed by atoms with Gasteiger partial charge in [-0.1, -0.05) is 0 Å². The summed E-state index contributed by atoms with van der Waals surface area (Å²) in [5.74, 6) is 0.0704. The van der Waals surface area contributed by atoms with Crippen molar-refractivity contribution in [2.75, 3.05) is 20.1 Å². The number of rotatable bonds is 4. The number of carboxylic acids is 1. The highest BCUT2D eigenvalue weighted by Crippen LogP contribution is 2.09. The van der Waals surface area contributed by atoms with E-state index in [0.717, 1.165) is 18.9 Å². The summed E-state index contributed by atoms with van der Waals surface area (Å²) in [7, 11) is 1.66. The third-order valence-electron chi connectivity index (χ3n) is 2.81. The number of fused-ring (bicyclic) bond motifs is 1. The van der Waals surface area contributed by atoms with Crippen molar-refractivity contribution in [1.29, 1.82) is 0 Å². The lowest BCUT2D eigenvalue weighted by molar-refractivity contribution is -0.140. The predicted octanol–water partition coefficient (Wildman–Crippen LogP) is -1.23. The van der Waals surface area contributed by atoms with Crippen LogP contribution in [0.5, 0.6) is 0 Å². The summed E-state index contributed by atoms with van der Waals surface area (Å²) in [6.45, 7) is 2.79. The molecule has 2 N–H and O–H groups in total. The second-order valence-electron chi connectivity index (χ2n) is 3.86. The number of aromatic nitrogens is 3. The molecule has 0 saturated carbocycles. The summed E-state index contributed by atoms with van der Waals surface area (Å²) in [4.78, 5) is 12.9. The maximum atomic E-state index is 10.9. The van der Waals surface area contributed by atoms with Gasteiger partial charge in [-0.15, -0.1) is 10.2 Å². The number of nitrogens with one attached hydrogen (secondary N) is 1. The zero-order chi connectivity index (χ0) is 11.5. The summed E-state index contributed by atoms with van der Waals surface area (Å²) in [6, 6.07) is -0.533. The van der Waals surface area contributed by atoms with E-state index in [-0.39, 0.29) is 0 Å². The topological polar surface area (TPSA) is 83.3 Å². The molecule has 1 unspecified atom stereocenters. The SMILES string of the molecule is CNC(CN1CCn2cnnc2C1)C(=O)O. The van der Waals surface area contributed by atoms with Crippen molar-refractivity contribution in [3.63, 3.8) is 0 Å². The van der Waals surface area contributed by atoms with Gasteiger partial charge in [-0.2, -0.15) is 0 Å². The van der Waals surface area contributed by atoms with E-state index < -0.39 is 12.0 Å². The van der Waals surface area contributed by atoms with Crippen LogP contribution in [0.4, 0.5) is 0 Å². The quantitative estimate of drug-likeness (QED) is 0.667. The number of likely N-dealkylation sites (N-methyl/N-ethyl adjacent to an activating group) is 1. The van der Waals surface area contributed by atoms with Gasteiger partial charge in [0.05, 0.1) is 6.54 Å². The Kier molecular flexibility index (Phi) is 3.16. The summed E-state index contributed by atoms with van der Waals surface area (Å²) >= 11 is 0. The van der Waals surface area contributed by atoms with Gasteiger partial charge in [-0.25, -0.2) is 0 Å². The molecule has 1 aromatic rings. The Balaban J connectivity index is 1.96. The fourth-order valence-electron chi connectivity index (χ4n) is 1.82. The fourth-order valence-corrected chi connectivity index (χ4v) is 1.82. The van der Waals surface area contributed by atoms with Gasteiger partial charge in [0.2, 0.25) is 0 Å². The molecule has 0 bridgehead atoms. The van der Waals surface area contributed by atoms with Crippen LogP contribution in [0.25, 0.3) is 0 Å². The van der Waals surface area contributed by atoms with E-state index in [1.807, 2.05) is 4.57 Å². The maximum Gasteiger partial charge on any atom is 0.322 e. The molecular formula is C9H15N5O2. The lowest BCUT2D eigenvalue weighted by atomic mass is 10.2. The molecule has 0 aliphatic carbocycles. The van der Waals surface area contributed by atoms with E-state index >= 15 is 0 Å². The highest BCUT2D eigenvalue weighted by Gasteiger charge is 2.23. The number of hydrogen-bond donors (Lipinski definition) is 2. The summed E-state index contributed by atoms with van der Waals surface area (Å²) in [5.41, 5.74) is 0. The van der Waals surface area contributed by atoms with Crippen molar-refractivity contribution < 1.29 is 9.90 Å². The minimum absolute atomic E-state index is 0.485. The van der Waals surface area contributed by atoms with E-state index in [1.54, 1.807) is 13.4 Å². The Morgan fingerprint density at radius 3 is 3.19 bits per heavy atom. The molecule has 0 fully saturated rings. The van der Waals surface area contributed by atoms with Crippen LogP contribution in [0.15, 0.2) is 6.33 Å². The number of carboxylic acid groups (broad SMARTS) is 1. The molecule has 0 amide bonds. The smallest absolute Gasteiger partial charge is 0.322 e. The first-order valence-electron chi connectivity index (χ1n) is 5.20. The summed E-state index contributed by atoms with van der Waals surface area (Å²) in [6.07, 6.45) is 1.71. The Labute approximate surface area is 93.1 Å². The van der Waals surface area contributed by atoms with Crippen LogP contribution >= 0.6 is 0 Å². The van der Waals surface area contributed by atoms with Crippen molar-refractivity contribution in [2.24, 2.45) is 0 Å². The normalized spacial score (nSPS) is 18.1. The molecule has 7 nitrogen and oxygen atoms in total. The van der Waals surface area contributed by atoms with Crippen LogP contribution in [-0.2, 0) is 17.9 Å². The number of carbonyl (C=O) groups is 1. The first-order valence-corrected chi connectivity index (χ1v) is 5.20. The van der Waals surface area contributed by atoms with E-state index in [1.165, 1.54) is 0 Å². The molecule has 1 aliphatic heterocycles. The van der Waals surface area contributed by atoms with E-state index in [9.17, 15) is 4.79 Å². The molecule has 7 heteroatoms. The van der Waals surface area contributed by atoms with Crippen LogP contribution in [-0.4, -0.2) is 56.9 Å². The number of nitrogens with zero attached hydrogens (tertiary/aromatic N) is 4. The fraction of sp³-hybridized carbons (Fsp3) is 0.667. The zero-order valence-electron chi connectivity index (χ0n) is 9.13. The molecule has 1 aliphatic rings. The van der Waals surface area contributed by atoms with Crippen molar-refractivity contribution in [3.8, 4) is 0 Å². The van der Waals surface area contributed by atoms with Gasteiger partial charge in [0.25, 0.3) is 0 Å². The van der Waals surface area contributed by atoms with Gasteiger partial charge in [-0.05, 0) is 7.05 Å². The molecular weight excluding hydrogens is 210 g/mol. The third-order valence-corrected chi connectivity index (χ3v) is 2.81. The van der Waals surface area contributed by atoms with E-state index in [2.05, 4.69) is 20.4 Å². The Bertz CT molecular complexity index is 378. The first kappa shape index (κ1) is 11.0. The van der Waals surface area contributed by atoms with Gasteiger partial charge in [-0.3, -0.25) is 9.69 Å². The third kappa shape index (κ3) is 2.20. The lowest BCUT2D eigenvalue weighted by Gasteiger charge is -2.28. The Morgan fingerprint density at radius 2 is 2.50 bits per heavy atom. The van der Waals surface area contributed by atoms with Gasteiger partial charge in [0, 0.05) is 19.6 Å². The average molecular weight is 225 g/mol. The molecule has 2 rings (SSSR count). The van der Waals surface area contributed by atoms with Gasteiger partial charge < -0.3 is 15.0 Å². The predicted molar refractivity (Wildman–Crippen MR) is 55.8 cm³/mol. The van der Waals surface area contributed by atoms with Crippen molar-refractivity contribution >= 4 is 5.97 Å². The van der Waals surface area contributed by atoms with Gasteiger partial charge >= 0.3 is 5.97 Å². The molecule has 0 saturated heterocycles. The van der Waals surface area contributed by atoms with Crippen molar-refractivity contribution in [1.82, 2.24) is 25.0 Å². The monoisotopic (exact) mass is 225 g/mol. The molecule has 2 heterocycles. The second kappa shape index (κ2) is 4.58. The highest BCUT2D eigenvalue weighted by atomic mass is 16.4. The molecule has 0 radical (unpaired) electrons. The molecule has 0 spiro atoms. The van der Waals surface area contributed by atoms with Crippen LogP contribution in [0.3, 0.4) is 0 Å². The van der Waals surface area contributed by atoms with Crippen LogP contribution < -0.4 is 5.32 Å².